The summed E-state index contributed by atoms with van der Waals surface area (Å²) in [5.74, 6) is -1.84. The van der Waals surface area contributed by atoms with Gasteiger partial charge in [-0.05, 0) is 52.3 Å². The molecule has 8 heteroatoms. The molecular weight excluding hydrogens is 365 g/mol. The van der Waals surface area contributed by atoms with E-state index < -0.39 is 21.8 Å². The van der Waals surface area contributed by atoms with Gasteiger partial charge in [-0.1, -0.05) is 6.07 Å². The van der Waals surface area contributed by atoms with Crippen LogP contribution in [0.15, 0.2) is 51.8 Å². The van der Waals surface area contributed by atoms with Gasteiger partial charge in [-0.15, -0.1) is 0 Å². The quantitative estimate of drug-likeness (QED) is 0.862. The van der Waals surface area contributed by atoms with Gasteiger partial charge in [0, 0.05) is 4.47 Å². The van der Waals surface area contributed by atoms with E-state index in [0.29, 0.717) is 4.47 Å². The fraction of sp³-hybridized carbons (Fsp3) is 0. The highest BCUT2D eigenvalue weighted by atomic mass is 79.9. The average Bonchev–Trinajstić information content (AvgIpc) is 2.43. The molecule has 2 rings (SSSR count). The fourth-order valence-corrected chi connectivity index (χ4v) is 3.17. The minimum absolute atomic E-state index is 0.0238. The first-order valence-corrected chi connectivity index (χ1v) is 7.88. The van der Waals surface area contributed by atoms with Gasteiger partial charge >= 0.3 is 5.97 Å². The summed E-state index contributed by atoms with van der Waals surface area (Å²) in [5.41, 5.74) is -0.132. The number of carboxylic acids is 1. The highest BCUT2D eigenvalue weighted by Gasteiger charge is 2.17. The molecule has 2 N–H and O–H groups in total. The van der Waals surface area contributed by atoms with Crippen LogP contribution in [0.4, 0.5) is 10.1 Å². The first-order valence-electron chi connectivity index (χ1n) is 5.61. The molecule has 0 aromatic heterocycles. The number of aromatic carboxylic acids is 1. The molecule has 2 aromatic carbocycles. The van der Waals surface area contributed by atoms with Crippen molar-refractivity contribution in [1.29, 1.82) is 0 Å². The van der Waals surface area contributed by atoms with E-state index >= 15 is 0 Å². The minimum Gasteiger partial charge on any atom is -0.478 e. The highest BCUT2D eigenvalue weighted by molar-refractivity contribution is 9.10. The molecule has 0 atom stereocenters. The van der Waals surface area contributed by atoms with Crippen molar-refractivity contribution in [2.24, 2.45) is 0 Å². The van der Waals surface area contributed by atoms with E-state index in [2.05, 4.69) is 20.7 Å². The number of rotatable bonds is 4. The van der Waals surface area contributed by atoms with Crippen LogP contribution in [0.5, 0.6) is 0 Å². The molecule has 0 spiro atoms. The third kappa shape index (κ3) is 3.59. The first-order chi connectivity index (χ1) is 9.79. The second kappa shape index (κ2) is 5.82. The lowest BCUT2D eigenvalue weighted by Crippen LogP contribution is -2.14. The lowest BCUT2D eigenvalue weighted by molar-refractivity contribution is 0.0696. The van der Waals surface area contributed by atoms with E-state index in [4.69, 9.17) is 5.11 Å². The van der Waals surface area contributed by atoms with Crippen molar-refractivity contribution in [3.05, 3.63) is 58.3 Å². The molecular formula is C13H9BrFNO4S. The third-order valence-electron chi connectivity index (χ3n) is 2.56. The standard InChI is InChI=1S/C13H9BrFNO4S/c14-11-5-4-9(15)7-12(11)16-21(19,20)10-3-1-2-8(6-10)13(17)18/h1-7,16H,(H,17,18). The first kappa shape index (κ1) is 15.5. The van der Waals surface area contributed by atoms with Crippen molar-refractivity contribution in [1.82, 2.24) is 0 Å². The summed E-state index contributed by atoms with van der Waals surface area (Å²) in [7, 11) is -4.02. The number of halogens is 2. The zero-order valence-electron chi connectivity index (χ0n) is 10.4. The summed E-state index contributed by atoms with van der Waals surface area (Å²) in [4.78, 5) is 10.6. The summed E-state index contributed by atoms with van der Waals surface area (Å²) in [6.07, 6.45) is 0. The van der Waals surface area contributed by atoms with Gasteiger partial charge in [0.05, 0.1) is 16.1 Å². The number of nitrogens with one attached hydrogen (secondary N) is 1. The van der Waals surface area contributed by atoms with Crippen LogP contribution >= 0.6 is 15.9 Å². The van der Waals surface area contributed by atoms with Crippen molar-refractivity contribution in [3.8, 4) is 0 Å². The largest absolute Gasteiger partial charge is 0.478 e. The molecule has 0 saturated heterocycles. The lowest BCUT2D eigenvalue weighted by Gasteiger charge is -2.10. The van der Waals surface area contributed by atoms with E-state index in [9.17, 15) is 17.6 Å². The number of carboxylic acid groups (broad SMARTS) is 1. The van der Waals surface area contributed by atoms with E-state index in [0.717, 1.165) is 12.1 Å². The predicted molar refractivity (Wildman–Crippen MR) is 78.3 cm³/mol. The third-order valence-corrected chi connectivity index (χ3v) is 4.62. The zero-order chi connectivity index (χ0) is 15.6. The molecule has 0 aliphatic rings. The van der Waals surface area contributed by atoms with Crippen molar-refractivity contribution < 1.29 is 22.7 Å². The van der Waals surface area contributed by atoms with Crippen molar-refractivity contribution >= 4 is 37.6 Å². The Morgan fingerprint density at radius 2 is 1.90 bits per heavy atom. The maximum Gasteiger partial charge on any atom is 0.335 e. The van der Waals surface area contributed by atoms with Crippen LogP contribution in [0, 0.1) is 5.82 Å². The number of carbonyl (C=O) groups is 1. The number of sulfonamides is 1. The van der Waals surface area contributed by atoms with Gasteiger partial charge in [-0.25, -0.2) is 17.6 Å². The van der Waals surface area contributed by atoms with Crippen LogP contribution in [-0.2, 0) is 10.0 Å². The maximum atomic E-state index is 13.2. The average molecular weight is 374 g/mol. The molecule has 0 unspecified atom stereocenters. The van der Waals surface area contributed by atoms with Crippen LogP contribution in [-0.4, -0.2) is 19.5 Å². The zero-order valence-corrected chi connectivity index (χ0v) is 12.8. The summed E-state index contributed by atoms with van der Waals surface area (Å²) in [6.45, 7) is 0. The number of benzene rings is 2. The van der Waals surface area contributed by atoms with Crippen molar-refractivity contribution in [2.75, 3.05) is 4.72 Å². The second-order valence-electron chi connectivity index (χ2n) is 4.06. The van der Waals surface area contributed by atoms with Crippen LogP contribution in [0.2, 0.25) is 0 Å². The van der Waals surface area contributed by atoms with Crippen LogP contribution in [0.1, 0.15) is 10.4 Å². The number of anilines is 1. The van der Waals surface area contributed by atoms with Gasteiger partial charge in [0.25, 0.3) is 10.0 Å². The number of hydrogen-bond donors (Lipinski definition) is 2. The van der Waals surface area contributed by atoms with Crippen molar-refractivity contribution in [3.63, 3.8) is 0 Å². The molecule has 0 radical (unpaired) electrons. The van der Waals surface area contributed by atoms with E-state index in [-0.39, 0.29) is 16.1 Å². The summed E-state index contributed by atoms with van der Waals surface area (Å²) < 4.78 is 40.1. The monoisotopic (exact) mass is 373 g/mol. The summed E-state index contributed by atoms with van der Waals surface area (Å²) in [6, 6.07) is 8.43. The molecule has 0 bridgehead atoms. The molecule has 2 aromatic rings. The van der Waals surface area contributed by atoms with Gasteiger partial charge in [0.15, 0.2) is 0 Å². The molecule has 0 heterocycles. The Kier molecular flexibility index (Phi) is 4.29. The Bertz CT molecular complexity index is 808. The predicted octanol–water partition coefficient (Wildman–Crippen LogP) is 3.09. The summed E-state index contributed by atoms with van der Waals surface area (Å²) >= 11 is 3.11. The van der Waals surface area contributed by atoms with E-state index in [1.807, 2.05) is 0 Å². The summed E-state index contributed by atoms with van der Waals surface area (Å²) in [5, 5.41) is 8.87. The molecule has 0 fully saturated rings. The molecule has 110 valence electrons. The van der Waals surface area contributed by atoms with Crippen LogP contribution < -0.4 is 4.72 Å². The van der Waals surface area contributed by atoms with Gasteiger partial charge in [0.2, 0.25) is 0 Å². The van der Waals surface area contributed by atoms with Gasteiger partial charge in [0.1, 0.15) is 5.82 Å². The van der Waals surface area contributed by atoms with Crippen molar-refractivity contribution in [2.45, 2.75) is 4.90 Å². The van der Waals surface area contributed by atoms with Gasteiger partial charge in [-0.2, -0.15) is 0 Å². The van der Waals surface area contributed by atoms with E-state index in [1.54, 1.807) is 0 Å². The minimum atomic E-state index is -4.02. The Hall–Kier alpha value is -1.93. The molecule has 0 amide bonds. The van der Waals surface area contributed by atoms with Crippen LogP contribution in [0.3, 0.4) is 0 Å². The molecule has 0 saturated carbocycles. The molecule has 0 aliphatic carbocycles. The lowest BCUT2D eigenvalue weighted by atomic mass is 10.2. The van der Waals surface area contributed by atoms with Gasteiger partial charge in [-0.3, -0.25) is 4.72 Å². The van der Waals surface area contributed by atoms with Crippen LogP contribution in [0.25, 0.3) is 0 Å². The second-order valence-corrected chi connectivity index (χ2v) is 6.60. The molecule has 0 aliphatic heterocycles. The normalized spacial score (nSPS) is 11.1. The Balaban J connectivity index is 2.41. The highest BCUT2D eigenvalue weighted by Crippen LogP contribution is 2.26. The maximum absolute atomic E-state index is 13.2. The Morgan fingerprint density at radius 1 is 1.19 bits per heavy atom. The Morgan fingerprint density at radius 3 is 2.57 bits per heavy atom. The Labute approximate surface area is 128 Å². The number of hydrogen-bond acceptors (Lipinski definition) is 3. The smallest absolute Gasteiger partial charge is 0.335 e. The molecule has 5 nitrogen and oxygen atoms in total. The topological polar surface area (TPSA) is 83.5 Å². The van der Waals surface area contributed by atoms with Gasteiger partial charge < -0.3 is 5.11 Å². The molecule has 21 heavy (non-hydrogen) atoms. The van der Waals surface area contributed by atoms with E-state index in [1.165, 1.54) is 30.3 Å². The fourth-order valence-electron chi connectivity index (χ4n) is 1.58. The SMILES string of the molecule is O=C(O)c1cccc(S(=O)(=O)Nc2cc(F)ccc2Br)c1.